The number of carbonyl (C=O) groups is 1. The van der Waals surface area contributed by atoms with Crippen molar-refractivity contribution in [3.63, 3.8) is 0 Å². The van der Waals surface area contributed by atoms with Crippen molar-refractivity contribution in [1.82, 2.24) is 0 Å². The summed E-state index contributed by atoms with van der Waals surface area (Å²) in [7, 11) is 0. The molecule has 0 aromatic carbocycles. The number of quaternary nitrogens is 1. The van der Waals surface area contributed by atoms with E-state index in [4.69, 9.17) is 9.90 Å². The fourth-order valence-corrected chi connectivity index (χ4v) is 1.78. The second kappa shape index (κ2) is 6.89. The van der Waals surface area contributed by atoms with Crippen LogP contribution in [0.5, 0.6) is 0 Å². The Morgan fingerprint density at radius 2 is 2.08 bits per heavy atom. The zero-order valence-electron chi connectivity index (χ0n) is 8.93. The molecule has 3 heteroatoms. The molecule has 2 atom stereocenters. The van der Waals surface area contributed by atoms with Crippen LogP contribution in [0.25, 0.3) is 0 Å². The van der Waals surface area contributed by atoms with Crippen LogP contribution < -0.4 is 10.0 Å². The minimum absolute atomic E-state index is 0.934. The molecular formula is C10H21NO2. The van der Waals surface area contributed by atoms with Crippen LogP contribution in [0.1, 0.15) is 40.0 Å². The molecule has 0 aromatic rings. The normalized spacial score (nSPS) is 27.3. The molecule has 0 radical (unpaired) electrons. The van der Waals surface area contributed by atoms with Gasteiger partial charge in [0.1, 0.15) is 0 Å². The summed E-state index contributed by atoms with van der Waals surface area (Å²) in [5, 5.41) is 8.89. The second-order valence-electron chi connectivity index (χ2n) is 3.65. The Bertz CT molecular complexity index is 144. The van der Waals surface area contributed by atoms with Crippen LogP contribution in [-0.4, -0.2) is 25.1 Å². The summed E-state index contributed by atoms with van der Waals surface area (Å²) < 4.78 is 0. The Morgan fingerprint density at radius 1 is 1.54 bits per heavy atom. The van der Waals surface area contributed by atoms with Crippen LogP contribution in [0.2, 0.25) is 0 Å². The first-order valence-corrected chi connectivity index (χ1v) is 5.10. The van der Waals surface area contributed by atoms with Gasteiger partial charge in [0.15, 0.2) is 0 Å². The SMILES string of the molecule is CC(=O)[O-].CC[NH+]1CCCCC1C. The number of rotatable bonds is 1. The number of aliphatic carboxylic acids is 1. The van der Waals surface area contributed by atoms with Crippen LogP contribution in [-0.2, 0) is 4.79 Å². The molecule has 1 rings (SSSR count). The van der Waals surface area contributed by atoms with Gasteiger partial charge < -0.3 is 14.8 Å². The Balaban J connectivity index is 0.000000310. The van der Waals surface area contributed by atoms with E-state index < -0.39 is 5.97 Å². The zero-order valence-corrected chi connectivity index (χ0v) is 8.93. The van der Waals surface area contributed by atoms with Crippen LogP contribution in [0.4, 0.5) is 0 Å². The molecule has 0 aliphatic carbocycles. The maximum Gasteiger partial charge on any atom is 0.0846 e. The third-order valence-corrected chi connectivity index (χ3v) is 2.54. The number of likely N-dealkylation sites (tertiary alicyclic amines) is 1. The van der Waals surface area contributed by atoms with Gasteiger partial charge in [-0.2, -0.15) is 0 Å². The van der Waals surface area contributed by atoms with E-state index in [2.05, 4.69) is 13.8 Å². The van der Waals surface area contributed by atoms with Gasteiger partial charge in [0.05, 0.1) is 19.1 Å². The Labute approximate surface area is 80.7 Å². The predicted molar refractivity (Wildman–Crippen MR) is 50.4 cm³/mol. The van der Waals surface area contributed by atoms with Crippen molar-refractivity contribution in [2.75, 3.05) is 13.1 Å². The molecule has 1 N–H and O–H groups in total. The van der Waals surface area contributed by atoms with E-state index in [1.54, 1.807) is 4.90 Å². The first-order valence-electron chi connectivity index (χ1n) is 5.10. The van der Waals surface area contributed by atoms with Crippen molar-refractivity contribution in [3.8, 4) is 0 Å². The van der Waals surface area contributed by atoms with Crippen molar-refractivity contribution in [3.05, 3.63) is 0 Å². The van der Waals surface area contributed by atoms with Crippen molar-refractivity contribution < 1.29 is 14.8 Å². The quantitative estimate of drug-likeness (QED) is 0.585. The highest BCUT2D eigenvalue weighted by Crippen LogP contribution is 2.00. The monoisotopic (exact) mass is 187 g/mol. The molecule has 13 heavy (non-hydrogen) atoms. The largest absolute Gasteiger partial charge is 0.550 e. The number of piperidine rings is 1. The summed E-state index contributed by atoms with van der Waals surface area (Å²) >= 11 is 0. The highest BCUT2D eigenvalue weighted by molar-refractivity contribution is 5.60. The lowest BCUT2D eigenvalue weighted by Crippen LogP contribution is -3.15. The predicted octanol–water partition coefficient (Wildman–Crippen LogP) is -0.780. The van der Waals surface area contributed by atoms with Crippen molar-refractivity contribution in [2.45, 2.75) is 46.1 Å². The molecule has 1 aliphatic rings. The van der Waals surface area contributed by atoms with Gasteiger partial charge in [-0.25, -0.2) is 0 Å². The minimum atomic E-state index is -1.08. The number of nitrogens with one attached hydrogen (secondary N) is 1. The van der Waals surface area contributed by atoms with E-state index in [-0.39, 0.29) is 0 Å². The van der Waals surface area contributed by atoms with Crippen LogP contribution in [0, 0.1) is 0 Å². The number of carboxylic acid groups (broad SMARTS) is 1. The number of carboxylic acids is 1. The fraction of sp³-hybridized carbons (Fsp3) is 0.900. The zero-order chi connectivity index (χ0) is 10.3. The third kappa shape index (κ3) is 6.58. The summed E-state index contributed by atoms with van der Waals surface area (Å²) in [4.78, 5) is 10.7. The first-order chi connectivity index (χ1) is 6.07. The number of hydrogen-bond donors (Lipinski definition) is 1. The topological polar surface area (TPSA) is 44.6 Å². The van der Waals surface area contributed by atoms with Gasteiger partial charge in [-0.3, -0.25) is 0 Å². The highest BCUT2D eigenvalue weighted by atomic mass is 16.4. The van der Waals surface area contributed by atoms with E-state index in [1.165, 1.54) is 32.4 Å². The van der Waals surface area contributed by atoms with Gasteiger partial charge in [0.2, 0.25) is 0 Å². The fourth-order valence-electron chi connectivity index (χ4n) is 1.78. The number of carbonyl (C=O) groups excluding carboxylic acids is 1. The van der Waals surface area contributed by atoms with Crippen molar-refractivity contribution in [2.24, 2.45) is 0 Å². The minimum Gasteiger partial charge on any atom is -0.550 e. The van der Waals surface area contributed by atoms with Crippen molar-refractivity contribution >= 4 is 5.97 Å². The van der Waals surface area contributed by atoms with Crippen molar-refractivity contribution in [1.29, 1.82) is 0 Å². The molecule has 1 saturated heterocycles. The maximum atomic E-state index is 8.89. The maximum absolute atomic E-state index is 8.89. The average molecular weight is 187 g/mol. The summed E-state index contributed by atoms with van der Waals surface area (Å²) in [5.74, 6) is -1.08. The van der Waals surface area contributed by atoms with Crippen LogP contribution >= 0.6 is 0 Å². The van der Waals surface area contributed by atoms with Gasteiger partial charge >= 0.3 is 0 Å². The van der Waals surface area contributed by atoms with Gasteiger partial charge in [0.25, 0.3) is 0 Å². The lowest BCUT2D eigenvalue weighted by atomic mass is 10.0. The molecule has 2 unspecified atom stereocenters. The van der Waals surface area contributed by atoms with Crippen LogP contribution in [0.3, 0.4) is 0 Å². The van der Waals surface area contributed by atoms with E-state index in [0.717, 1.165) is 13.0 Å². The summed E-state index contributed by atoms with van der Waals surface area (Å²) in [6.45, 7) is 8.37. The highest BCUT2D eigenvalue weighted by Gasteiger charge is 2.18. The molecule has 1 fully saturated rings. The van der Waals surface area contributed by atoms with Gasteiger partial charge in [-0.15, -0.1) is 0 Å². The van der Waals surface area contributed by atoms with Gasteiger partial charge in [0, 0.05) is 5.97 Å². The second-order valence-corrected chi connectivity index (χ2v) is 3.65. The molecule has 1 heterocycles. The lowest BCUT2D eigenvalue weighted by molar-refractivity contribution is -0.926. The van der Waals surface area contributed by atoms with Gasteiger partial charge in [-0.1, -0.05) is 0 Å². The Hall–Kier alpha value is -0.570. The Morgan fingerprint density at radius 3 is 2.38 bits per heavy atom. The summed E-state index contributed by atoms with van der Waals surface area (Å²) in [5.41, 5.74) is 0. The molecule has 0 amide bonds. The molecule has 0 saturated carbocycles. The molecule has 0 aromatic heterocycles. The smallest absolute Gasteiger partial charge is 0.0846 e. The molecular weight excluding hydrogens is 166 g/mol. The van der Waals surface area contributed by atoms with E-state index in [9.17, 15) is 0 Å². The average Bonchev–Trinajstić information content (AvgIpc) is 2.04. The first kappa shape index (κ1) is 12.4. The van der Waals surface area contributed by atoms with E-state index in [0.29, 0.717) is 0 Å². The Kier molecular flexibility index (Phi) is 6.59. The lowest BCUT2D eigenvalue weighted by Gasteiger charge is -2.28. The summed E-state index contributed by atoms with van der Waals surface area (Å²) in [6, 6.07) is 0.934. The summed E-state index contributed by atoms with van der Waals surface area (Å²) in [6.07, 6.45) is 4.36. The third-order valence-electron chi connectivity index (χ3n) is 2.54. The molecule has 78 valence electrons. The van der Waals surface area contributed by atoms with E-state index in [1.807, 2.05) is 0 Å². The van der Waals surface area contributed by atoms with Crippen LogP contribution in [0.15, 0.2) is 0 Å². The van der Waals surface area contributed by atoms with E-state index >= 15 is 0 Å². The molecule has 0 spiro atoms. The standard InChI is InChI=1S/C8H17N.C2H4O2/c1-3-9-7-5-4-6-8(9)2;1-2(3)4/h8H,3-7H2,1-2H3;1H3,(H,3,4). The molecule has 3 nitrogen and oxygen atoms in total. The molecule has 1 aliphatic heterocycles. The molecule has 0 bridgehead atoms. The number of hydrogen-bond acceptors (Lipinski definition) is 2. The van der Waals surface area contributed by atoms with Gasteiger partial charge in [-0.05, 0) is 40.0 Å².